The van der Waals surface area contributed by atoms with Gasteiger partial charge >= 0.3 is 0 Å². The number of carbonyl (C=O) groups excluding carboxylic acids is 2. The second-order valence-corrected chi connectivity index (χ2v) is 4.33. The van der Waals surface area contributed by atoms with Crippen molar-refractivity contribution in [2.45, 2.75) is 12.5 Å². The van der Waals surface area contributed by atoms with Crippen LogP contribution in [0.4, 0.5) is 5.69 Å². The van der Waals surface area contributed by atoms with E-state index in [9.17, 15) is 9.59 Å². The second-order valence-electron chi connectivity index (χ2n) is 4.33. The zero-order valence-corrected chi connectivity index (χ0v) is 10.7. The first-order valence-electron chi connectivity index (χ1n) is 5.99. The molecule has 0 aliphatic heterocycles. The summed E-state index contributed by atoms with van der Waals surface area (Å²) in [5.41, 5.74) is 12.5. The van der Waals surface area contributed by atoms with E-state index in [0.717, 1.165) is 0 Å². The largest absolute Gasteiger partial charge is 0.399 e. The highest BCUT2D eigenvalue weighted by Crippen LogP contribution is 2.06. The average molecular weight is 273 g/mol. The predicted octanol–water partition coefficient (Wildman–Crippen LogP) is -0.182. The summed E-state index contributed by atoms with van der Waals surface area (Å²) >= 11 is 0. The number of imidazole rings is 1. The van der Waals surface area contributed by atoms with Crippen molar-refractivity contribution >= 4 is 17.5 Å². The molecule has 1 heterocycles. The van der Waals surface area contributed by atoms with Gasteiger partial charge in [-0.15, -0.1) is 0 Å². The number of amides is 2. The van der Waals surface area contributed by atoms with E-state index < -0.39 is 11.9 Å². The maximum absolute atomic E-state index is 12.0. The molecule has 2 amide bonds. The number of nitrogens with two attached hydrogens (primary N) is 2. The van der Waals surface area contributed by atoms with Crippen LogP contribution in [0.25, 0.3) is 0 Å². The van der Waals surface area contributed by atoms with E-state index in [2.05, 4.69) is 15.3 Å². The maximum atomic E-state index is 12.0. The number of H-pyrrole nitrogens is 1. The van der Waals surface area contributed by atoms with Gasteiger partial charge in [0.1, 0.15) is 6.04 Å². The highest BCUT2D eigenvalue weighted by molar-refractivity contribution is 5.97. The zero-order chi connectivity index (χ0) is 14.5. The summed E-state index contributed by atoms with van der Waals surface area (Å²) in [7, 11) is 0. The minimum atomic E-state index is -0.805. The van der Waals surface area contributed by atoms with Gasteiger partial charge < -0.3 is 21.8 Å². The monoisotopic (exact) mass is 273 g/mol. The Morgan fingerprint density at radius 2 is 2.00 bits per heavy atom. The van der Waals surface area contributed by atoms with Crippen LogP contribution in [0.1, 0.15) is 16.1 Å². The van der Waals surface area contributed by atoms with Crippen molar-refractivity contribution in [2.24, 2.45) is 5.73 Å². The third-order valence-electron chi connectivity index (χ3n) is 2.80. The van der Waals surface area contributed by atoms with Gasteiger partial charge in [-0.05, 0) is 24.3 Å². The molecule has 0 bridgehead atoms. The van der Waals surface area contributed by atoms with Crippen molar-refractivity contribution in [3.05, 3.63) is 48.0 Å². The fourth-order valence-electron chi connectivity index (χ4n) is 1.72. The van der Waals surface area contributed by atoms with Crippen LogP contribution in [0, 0.1) is 0 Å². The molecule has 0 radical (unpaired) electrons. The van der Waals surface area contributed by atoms with E-state index in [-0.39, 0.29) is 12.3 Å². The number of aromatic nitrogens is 2. The maximum Gasteiger partial charge on any atom is 0.251 e. The lowest BCUT2D eigenvalue weighted by molar-refractivity contribution is -0.119. The van der Waals surface area contributed by atoms with Crippen molar-refractivity contribution < 1.29 is 9.59 Å². The number of carbonyl (C=O) groups is 2. The van der Waals surface area contributed by atoms with Crippen LogP contribution in [0.2, 0.25) is 0 Å². The Kier molecular flexibility index (Phi) is 3.99. The Balaban J connectivity index is 2.06. The Morgan fingerprint density at radius 3 is 2.55 bits per heavy atom. The topological polar surface area (TPSA) is 127 Å². The molecule has 1 aromatic carbocycles. The summed E-state index contributed by atoms with van der Waals surface area (Å²) in [6.45, 7) is 0. The molecule has 0 aliphatic carbocycles. The molecule has 1 unspecified atom stereocenters. The molecular weight excluding hydrogens is 258 g/mol. The molecule has 6 N–H and O–H groups in total. The molecule has 1 atom stereocenters. The van der Waals surface area contributed by atoms with Gasteiger partial charge in [-0.3, -0.25) is 9.59 Å². The summed E-state index contributed by atoms with van der Waals surface area (Å²) in [5.74, 6) is -0.989. The lowest BCUT2D eigenvalue weighted by atomic mass is 10.1. The van der Waals surface area contributed by atoms with Crippen molar-refractivity contribution in [3.63, 3.8) is 0 Å². The number of primary amides is 1. The Morgan fingerprint density at radius 1 is 1.30 bits per heavy atom. The number of anilines is 1. The number of aromatic amines is 1. The summed E-state index contributed by atoms with van der Waals surface area (Å²) in [5, 5.41) is 2.59. The number of nitrogen functional groups attached to an aromatic ring is 1. The fourth-order valence-corrected chi connectivity index (χ4v) is 1.72. The summed E-state index contributed by atoms with van der Waals surface area (Å²) < 4.78 is 0. The molecule has 0 spiro atoms. The van der Waals surface area contributed by atoms with E-state index in [4.69, 9.17) is 11.5 Å². The van der Waals surface area contributed by atoms with Crippen LogP contribution in [-0.4, -0.2) is 27.8 Å². The lowest BCUT2D eigenvalue weighted by Gasteiger charge is -2.14. The molecule has 2 rings (SSSR count). The normalized spacial score (nSPS) is 11.8. The van der Waals surface area contributed by atoms with Gasteiger partial charge in [0.25, 0.3) is 5.91 Å². The predicted molar refractivity (Wildman–Crippen MR) is 73.6 cm³/mol. The van der Waals surface area contributed by atoms with Crippen molar-refractivity contribution in [3.8, 4) is 0 Å². The second kappa shape index (κ2) is 5.87. The van der Waals surface area contributed by atoms with Gasteiger partial charge in [-0.2, -0.15) is 0 Å². The van der Waals surface area contributed by atoms with Crippen LogP contribution in [0.15, 0.2) is 36.8 Å². The number of hydrogen-bond donors (Lipinski definition) is 4. The van der Waals surface area contributed by atoms with E-state index >= 15 is 0 Å². The SMILES string of the molecule is NC(=O)C(Cc1cnc[nH]1)NC(=O)c1ccc(N)cc1. The van der Waals surface area contributed by atoms with Gasteiger partial charge in [0, 0.05) is 29.6 Å². The van der Waals surface area contributed by atoms with Crippen LogP contribution >= 0.6 is 0 Å². The molecule has 2 aromatic rings. The van der Waals surface area contributed by atoms with E-state index in [1.807, 2.05) is 0 Å². The summed E-state index contributed by atoms with van der Waals surface area (Å²) in [6.07, 6.45) is 3.33. The molecule has 7 heteroatoms. The number of nitrogens with one attached hydrogen (secondary N) is 2. The number of hydrogen-bond acceptors (Lipinski definition) is 4. The summed E-state index contributed by atoms with van der Waals surface area (Å²) in [4.78, 5) is 30.1. The molecule has 20 heavy (non-hydrogen) atoms. The molecule has 0 saturated carbocycles. The van der Waals surface area contributed by atoms with Gasteiger partial charge in [0.2, 0.25) is 5.91 Å². The zero-order valence-electron chi connectivity index (χ0n) is 10.7. The highest BCUT2D eigenvalue weighted by Gasteiger charge is 2.19. The number of benzene rings is 1. The fraction of sp³-hybridized carbons (Fsp3) is 0.154. The first-order chi connectivity index (χ1) is 9.56. The molecule has 7 nitrogen and oxygen atoms in total. The Hall–Kier alpha value is -2.83. The Labute approximate surface area is 115 Å². The van der Waals surface area contributed by atoms with E-state index in [1.54, 1.807) is 30.5 Å². The van der Waals surface area contributed by atoms with Crippen LogP contribution < -0.4 is 16.8 Å². The van der Waals surface area contributed by atoms with E-state index in [1.165, 1.54) is 6.33 Å². The van der Waals surface area contributed by atoms with E-state index in [0.29, 0.717) is 16.9 Å². The molecule has 0 aliphatic rings. The quantitative estimate of drug-likeness (QED) is 0.563. The van der Waals surface area contributed by atoms with Crippen LogP contribution in [-0.2, 0) is 11.2 Å². The standard InChI is InChI=1S/C13H15N5O2/c14-9-3-1-8(2-4-9)13(20)18-11(12(15)19)5-10-6-16-7-17-10/h1-4,6-7,11H,5,14H2,(H2,15,19)(H,16,17)(H,18,20). The van der Waals surface area contributed by atoms with Gasteiger partial charge in [0.15, 0.2) is 0 Å². The summed E-state index contributed by atoms with van der Waals surface area (Å²) in [6, 6.07) is 5.59. The van der Waals surface area contributed by atoms with Crippen molar-refractivity contribution in [1.82, 2.24) is 15.3 Å². The molecule has 1 aromatic heterocycles. The van der Waals surface area contributed by atoms with Crippen molar-refractivity contribution in [1.29, 1.82) is 0 Å². The molecular formula is C13H15N5O2. The number of nitrogens with zero attached hydrogens (tertiary/aromatic N) is 1. The van der Waals surface area contributed by atoms with Crippen molar-refractivity contribution in [2.75, 3.05) is 5.73 Å². The molecule has 104 valence electrons. The average Bonchev–Trinajstić information content (AvgIpc) is 2.91. The smallest absolute Gasteiger partial charge is 0.251 e. The lowest BCUT2D eigenvalue weighted by Crippen LogP contribution is -2.45. The van der Waals surface area contributed by atoms with Crippen LogP contribution in [0.3, 0.4) is 0 Å². The Bertz CT molecular complexity index is 592. The van der Waals surface area contributed by atoms with Crippen LogP contribution in [0.5, 0.6) is 0 Å². The number of rotatable bonds is 5. The first-order valence-corrected chi connectivity index (χ1v) is 5.99. The molecule has 0 fully saturated rings. The minimum Gasteiger partial charge on any atom is -0.399 e. The van der Waals surface area contributed by atoms with Gasteiger partial charge in [-0.25, -0.2) is 4.98 Å². The third kappa shape index (κ3) is 3.35. The van der Waals surface area contributed by atoms with Gasteiger partial charge in [0.05, 0.1) is 6.33 Å². The van der Waals surface area contributed by atoms with Gasteiger partial charge in [-0.1, -0.05) is 0 Å². The third-order valence-corrected chi connectivity index (χ3v) is 2.80. The first kappa shape index (κ1) is 13.6. The highest BCUT2D eigenvalue weighted by atomic mass is 16.2. The minimum absolute atomic E-state index is 0.260. The molecule has 0 saturated heterocycles.